The third-order valence-corrected chi connectivity index (χ3v) is 3.02. The molecule has 2 N–H and O–H groups in total. The van der Waals surface area contributed by atoms with Crippen molar-refractivity contribution in [2.45, 2.75) is 25.4 Å². The average molecular weight is 236 g/mol. The van der Waals surface area contributed by atoms with E-state index >= 15 is 0 Å². The predicted octanol–water partition coefficient (Wildman–Crippen LogP) is 0.362. The van der Waals surface area contributed by atoms with Crippen LogP contribution in [0.1, 0.15) is 30.1 Å². The van der Waals surface area contributed by atoms with Gasteiger partial charge < -0.3 is 15.0 Å². The first-order valence-electron chi connectivity index (χ1n) is 5.68. The van der Waals surface area contributed by atoms with Crippen LogP contribution in [0.3, 0.4) is 0 Å². The highest BCUT2D eigenvalue weighted by Crippen LogP contribution is 2.21. The molecule has 1 amide bonds. The second-order valence-corrected chi connectivity index (χ2v) is 4.75. The number of carbonyl (C=O) groups excluding carboxylic acids is 1. The minimum absolute atomic E-state index is 0.130. The molecule has 1 atom stereocenters. The maximum Gasteiger partial charge on any atom is 0.259 e. The van der Waals surface area contributed by atoms with Crippen LogP contribution in [0.25, 0.3) is 0 Å². The molecule has 0 spiro atoms. The van der Waals surface area contributed by atoms with Crippen LogP contribution in [-0.2, 0) is 0 Å². The lowest BCUT2D eigenvalue weighted by Crippen LogP contribution is -2.49. The summed E-state index contributed by atoms with van der Waals surface area (Å²) >= 11 is 0. The number of hydrogen-bond acceptors (Lipinski definition) is 3. The van der Waals surface area contributed by atoms with E-state index in [1.807, 2.05) is 0 Å². The standard InChI is InChI=1S/C12H16N2O3/c1-12(17)4-2-6-14(8-12)11(16)9-7-13-5-3-10(9)15/h3,5,7,17H,2,4,6,8H2,1H3,(H,13,15). The topological polar surface area (TPSA) is 73.4 Å². The number of pyridine rings is 1. The Hall–Kier alpha value is -1.62. The summed E-state index contributed by atoms with van der Waals surface area (Å²) in [5, 5.41) is 9.93. The third-order valence-electron chi connectivity index (χ3n) is 3.02. The van der Waals surface area contributed by atoms with Crippen LogP contribution in [0.2, 0.25) is 0 Å². The fourth-order valence-corrected chi connectivity index (χ4v) is 2.15. The van der Waals surface area contributed by atoms with E-state index in [1.54, 1.807) is 6.92 Å². The van der Waals surface area contributed by atoms with Crippen molar-refractivity contribution in [2.24, 2.45) is 0 Å². The second-order valence-electron chi connectivity index (χ2n) is 4.75. The van der Waals surface area contributed by atoms with E-state index < -0.39 is 5.60 Å². The maximum absolute atomic E-state index is 12.1. The van der Waals surface area contributed by atoms with Crippen molar-refractivity contribution in [2.75, 3.05) is 13.1 Å². The Morgan fingerprint density at radius 2 is 2.35 bits per heavy atom. The Morgan fingerprint density at radius 1 is 1.59 bits per heavy atom. The molecule has 0 radical (unpaired) electrons. The van der Waals surface area contributed by atoms with E-state index in [0.29, 0.717) is 13.0 Å². The first-order chi connectivity index (χ1) is 7.99. The Labute approximate surface area is 99.1 Å². The molecule has 1 aromatic heterocycles. The zero-order valence-electron chi connectivity index (χ0n) is 9.77. The summed E-state index contributed by atoms with van der Waals surface area (Å²) in [6.45, 7) is 2.57. The molecule has 1 saturated heterocycles. The molecule has 5 heteroatoms. The molecular formula is C12H16N2O3. The Balaban J connectivity index is 2.21. The molecule has 0 aromatic carbocycles. The van der Waals surface area contributed by atoms with Gasteiger partial charge in [-0.2, -0.15) is 0 Å². The van der Waals surface area contributed by atoms with E-state index in [-0.39, 0.29) is 23.4 Å². The minimum Gasteiger partial charge on any atom is -0.388 e. The quantitative estimate of drug-likeness (QED) is 0.739. The van der Waals surface area contributed by atoms with E-state index in [9.17, 15) is 14.7 Å². The number of β-amino-alcohol motifs (C(OH)–C–C–N with tert-alkyl or cyclic N) is 1. The first-order valence-corrected chi connectivity index (χ1v) is 5.68. The number of aliphatic hydroxyl groups is 1. The highest BCUT2D eigenvalue weighted by molar-refractivity contribution is 5.93. The highest BCUT2D eigenvalue weighted by Gasteiger charge is 2.31. The number of likely N-dealkylation sites (tertiary alicyclic amines) is 1. The van der Waals surface area contributed by atoms with Crippen LogP contribution in [0.5, 0.6) is 0 Å². The van der Waals surface area contributed by atoms with Gasteiger partial charge in [-0.1, -0.05) is 0 Å². The number of aromatic nitrogens is 1. The largest absolute Gasteiger partial charge is 0.388 e. The Morgan fingerprint density at radius 3 is 3.00 bits per heavy atom. The van der Waals surface area contributed by atoms with E-state index in [4.69, 9.17) is 0 Å². The van der Waals surface area contributed by atoms with Crippen molar-refractivity contribution in [3.8, 4) is 0 Å². The van der Waals surface area contributed by atoms with Crippen molar-refractivity contribution in [3.63, 3.8) is 0 Å². The van der Waals surface area contributed by atoms with Crippen molar-refractivity contribution >= 4 is 5.91 Å². The minimum atomic E-state index is -0.852. The van der Waals surface area contributed by atoms with Gasteiger partial charge in [0.2, 0.25) is 0 Å². The second kappa shape index (κ2) is 4.33. The zero-order chi connectivity index (χ0) is 12.5. The first kappa shape index (κ1) is 11.9. The lowest BCUT2D eigenvalue weighted by molar-refractivity contribution is -0.0108. The maximum atomic E-state index is 12.1. The summed E-state index contributed by atoms with van der Waals surface area (Å²) in [7, 11) is 0. The highest BCUT2D eigenvalue weighted by atomic mass is 16.3. The van der Waals surface area contributed by atoms with Gasteiger partial charge in [-0.15, -0.1) is 0 Å². The molecule has 1 aliphatic rings. The van der Waals surface area contributed by atoms with Gasteiger partial charge in [-0.05, 0) is 19.8 Å². The number of H-pyrrole nitrogens is 1. The molecule has 1 unspecified atom stereocenters. The van der Waals surface area contributed by atoms with E-state index in [1.165, 1.54) is 23.4 Å². The fraction of sp³-hybridized carbons (Fsp3) is 0.500. The molecule has 17 heavy (non-hydrogen) atoms. The normalized spacial score (nSPS) is 24.7. The van der Waals surface area contributed by atoms with Crippen molar-refractivity contribution in [1.82, 2.24) is 9.88 Å². The SMILES string of the molecule is CC1(O)CCCN(C(=O)c2c[nH]ccc2=O)C1. The van der Waals surface area contributed by atoms with Gasteiger partial charge in [0.25, 0.3) is 5.91 Å². The van der Waals surface area contributed by atoms with Crippen LogP contribution >= 0.6 is 0 Å². The van der Waals surface area contributed by atoms with Crippen molar-refractivity contribution < 1.29 is 9.90 Å². The summed E-state index contributed by atoms with van der Waals surface area (Å²) in [5.41, 5.74) is -1.01. The van der Waals surface area contributed by atoms with Gasteiger partial charge in [0, 0.05) is 31.5 Å². The molecular weight excluding hydrogens is 220 g/mol. The molecule has 2 heterocycles. The number of carbonyl (C=O) groups is 1. The van der Waals surface area contributed by atoms with Gasteiger partial charge in [-0.3, -0.25) is 9.59 Å². The van der Waals surface area contributed by atoms with Crippen LogP contribution in [0, 0.1) is 0 Å². The third kappa shape index (κ3) is 2.55. The molecule has 0 aliphatic carbocycles. The average Bonchev–Trinajstić information content (AvgIpc) is 2.27. The molecule has 0 bridgehead atoms. The number of nitrogens with zero attached hydrogens (tertiary/aromatic N) is 1. The summed E-state index contributed by atoms with van der Waals surface area (Å²) in [6, 6.07) is 1.33. The Kier molecular flexibility index (Phi) is 3.02. The van der Waals surface area contributed by atoms with Gasteiger partial charge in [0.1, 0.15) is 5.56 Å². The summed E-state index contributed by atoms with van der Waals surface area (Å²) in [5.74, 6) is -0.313. The molecule has 5 nitrogen and oxygen atoms in total. The molecule has 92 valence electrons. The van der Waals surface area contributed by atoms with Gasteiger partial charge in [-0.25, -0.2) is 0 Å². The lowest BCUT2D eigenvalue weighted by Gasteiger charge is -2.36. The summed E-state index contributed by atoms with van der Waals surface area (Å²) in [6.07, 6.45) is 4.34. The van der Waals surface area contributed by atoms with Crippen LogP contribution in [0.15, 0.2) is 23.3 Å². The van der Waals surface area contributed by atoms with Crippen LogP contribution < -0.4 is 5.43 Å². The van der Waals surface area contributed by atoms with Crippen LogP contribution in [0.4, 0.5) is 0 Å². The lowest BCUT2D eigenvalue weighted by atomic mass is 9.95. The summed E-state index contributed by atoms with van der Waals surface area (Å²) in [4.78, 5) is 27.9. The van der Waals surface area contributed by atoms with Crippen molar-refractivity contribution in [1.29, 1.82) is 0 Å². The molecule has 2 rings (SSSR count). The zero-order valence-corrected chi connectivity index (χ0v) is 9.77. The van der Waals surface area contributed by atoms with Gasteiger partial charge in [0.05, 0.1) is 5.60 Å². The molecule has 1 fully saturated rings. The van der Waals surface area contributed by atoms with Crippen molar-refractivity contribution in [3.05, 3.63) is 34.2 Å². The fourth-order valence-electron chi connectivity index (χ4n) is 2.15. The van der Waals surface area contributed by atoms with Crippen LogP contribution in [-0.4, -0.2) is 39.6 Å². The van der Waals surface area contributed by atoms with Gasteiger partial charge in [0.15, 0.2) is 5.43 Å². The van der Waals surface area contributed by atoms with E-state index in [2.05, 4.69) is 4.98 Å². The predicted molar refractivity (Wildman–Crippen MR) is 62.8 cm³/mol. The molecule has 0 saturated carbocycles. The number of amides is 1. The molecule has 1 aliphatic heterocycles. The monoisotopic (exact) mass is 236 g/mol. The van der Waals surface area contributed by atoms with Gasteiger partial charge >= 0.3 is 0 Å². The number of hydrogen-bond donors (Lipinski definition) is 2. The summed E-state index contributed by atoms with van der Waals surface area (Å²) < 4.78 is 0. The number of aromatic amines is 1. The Bertz CT molecular complexity index is 479. The number of nitrogens with one attached hydrogen (secondary N) is 1. The smallest absolute Gasteiger partial charge is 0.259 e. The number of rotatable bonds is 1. The number of piperidine rings is 1. The molecule has 1 aromatic rings. The van der Waals surface area contributed by atoms with E-state index in [0.717, 1.165) is 6.42 Å².